The highest BCUT2D eigenvalue weighted by Crippen LogP contribution is 2.29. The van der Waals surface area contributed by atoms with E-state index in [9.17, 15) is 19.8 Å². The number of ether oxygens (including phenoxy) is 1. The molecule has 0 spiro atoms. The van der Waals surface area contributed by atoms with Crippen molar-refractivity contribution in [3.63, 3.8) is 0 Å². The molecule has 0 saturated carbocycles. The minimum absolute atomic E-state index is 0.0652. The summed E-state index contributed by atoms with van der Waals surface area (Å²) in [4.78, 5) is 22.1. The van der Waals surface area contributed by atoms with Crippen molar-refractivity contribution in [2.75, 3.05) is 6.61 Å². The van der Waals surface area contributed by atoms with Gasteiger partial charge in [-0.3, -0.25) is 4.79 Å². The number of aromatic hydroxyl groups is 2. The third-order valence-electron chi connectivity index (χ3n) is 2.04. The lowest BCUT2D eigenvalue weighted by atomic mass is 10.0. The average molecular weight is 240 g/mol. The predicted molar refractivity (Wildman–Crippen MR) is 57.1 cm³/mol. The van der Waals surface area contributed by atoms with E-state index in [0.717, 1.165) is 12.1 Å². The van der Waals surface area contributed by atoms with Crippen molar-refractivity contribution >= 4 is 11.9 Å². The second-order valence-electron chi connectivity index (χ2n) is 3.29. The second-order valence-corrected chi connectivity index (χ2v) is 3.29. The molecule has 0 unspecified atom stereocenters. The van der Waals surface area contributed by atoms with Crippen LogP contribution in [0.3, 0.4) is 0 Å². The molecule has 6 nitrogen and oxygen atoms in total. The van der Waals surface area contributed by atoms with Gasteiger partial charge in [-0.25, -0.2) is 4.79 Å². The van der Waals surface area contributed by atoms with Crippen LogP contribution in [-0.2, 0) is 16.0 Å². The summed E-state index contributed by atoms with van der Waals surface area (Å²) in [5.41, 5.74) is 0.0239. The Morgan fingerprint density at radius 3 is 2.35 bits per heavy atom. The van der Waals surface area contributed by atoms with Gasteiger partial charge < -0.3 is 20.1 Å². The molecule has 92 valence electrons. The van der Waals surface area contributed by atoms with Gasteiger partial charge in [0, 0.05) is 0 Å². The zero-order valence-electron chi connectivity index (χ0n) is 9.14. The summed E-state index contributed by atoms with van der Waals surface area (Å²) >= 11 is 0. The molecule has 6 heteroatoms. The minimum Gasteiger partial charge on any atom is -0.504 e. The van der Waals surface area contributed by atoms with E-state index in [1.807, 2.05) is 0 Å². The second kappa shape index (κ2) is 5.20. The smallest absolute Gasteiger partial charge is 0.338 e. The average Bonchev–Trinajstić information content (AvgIpc) is 2.22. The monoisotopic (exact) mass is 240 g/mol. The summed E-state index contributed by atoms with van der Waals surface area (Å²) in [6.45, 7) is 1.74. The third-order valence-corrected chi connectivity index (χ3v) is 2.04. The molecule has 0 aliphatic rings. The van der Waals surface area contributed by atoms with E-state index in [0.29, 0.717) is 0 Å². The van der Waals surface area contributed by atoms with Crippen LogP contribution < -0.4 is 0 Å². The van der Waals surface area contributed by atoms with Crippen LogP contribution in [0.5, 0.6) is 11.5 Å². The first-order chi connectivity index (χ1) is 7.95. The highest BCUT2D eigenvalue weighted by molar-refractivity contribution is 5.93. The third kappa shape index (κ3) is 3.10. The van der Waals surface area contributed by atoms with Crippen LogP contribution in [0, 0.1) is 0 Å². The quantitative estimate of drug-likeness (QED) is 0.533. The fourth-order valence-electron chi connectivity index (χ4n) is 1.33. The number of esters is 1. The molecule has 17 heavy (non-hydrogen) atoms. The molecule has 0 aliphatic heterocycles. The van der Waals surface area contributed by atoms with E-state index in [1.54, 1.807) is 6.92 Å². The van der Waals surface area contributed by atoms with Crippen molar-refractivity contribution in [1.29, 1.82) is 0 Å². The molecule has 1 aromatic rings. The molecule has 1 rings (SSSR count). The van der Waals surface area contributed by atoms with Crippen LogP contribution in [0.15, 0.2) is 12.1 Å². The Hall–Kier alpha value is -2.24. The van der Waals surface area contributed by atoms with Crippen molar-refractivity contribution in [1.82, 2.24) is 0 Å². The fraction of sp³-hybridized carbons (Fsp3) is 0.273. The summed E-state index contributed by atoms with van der Waals surface area (Å²) in [6, 6.07) is 2.03. The summed E-state index contributed by atoms with van der Waals surface area (Å²) in [5.74, 6) is -2.86. The molecule has 0 aliphatic carbocycles. The molecular formula is C11H12O6. The van der Waals surface area contributed by atoms with Crippen LogP contribution in [0.25, 0.3) is 0 Å². The largest absolute Gasteiger partial charge is 0.504 e. The highest BCUT2D eigenvalue weighted by Gasteiger charge is 2.18. The predicted octanol–water partition coefficient (Wildman–Crippen LogP) is 0.902. The lowest BCUT2D eigenvalue weighted by Crippen LogP contribution is -2.11. The Bertz CT molecular complexity index is 452. The number of phenolic OH excluding ortho intramolecular Hbond substituents is 2. The molecule has 3 N–H and O–H groups in total. The Morgan fingerprint density at radius 1 is 1.24 bits per heavy atom. The molecule has 0 fully saturated rings. The number of hydrogen-bond acceptors (Lipinski definition) is 5. The van der Waals surface area contributed by atoms with Gasteiger partial charge >= 0.3 is 11.9 Å². The Kier molecular flexibility index (Phi) is 3.92. The Morgan fingerprint density at radius 2 is 1.82 bits per heavy atom. The number of hydrogen-bond donors (Lipinski definition) is 3. The lowest BCUT2D eigenvalue weighted by molar-refractivity contribution is -0.136. The van der Waals surface area contributed by atoms with Crippen molar-refractivity contribution in [2.24, 2.45) is 0 Å². The Balaban J connectivity index is 3.20. The van der Waals surface area contributed by atoms with E-state index in [1.165, 1.54) is 0 Å². The van der Waals surface area contributed by atoms with E-state index < -0.39 is 29.9 Å². The van der Waals surface area contributed by atoms with Crippen molar-refractivity contribution < 1.29 is 29.6 Å². The maximum absolute atomic E-state index is 11.5. The molecule has 0 aromatic heterocycles. The lowest BCUT2D eigenvalue weighted by Gasteiger charge is -2.09. The van der Waals surface area contributed by atoms with Crippen LogP contribution in [-0.4, -0.2) is 33.9 Å². The molecule has 1 aromatic carbocycles. The van der Waals surface area contributed by atoms with Crippen molar-refractivity contribution in [3.8, 4) is 11.5 Å². The highest BCUT2D eigenvalue weighted by atomic mass is 16.5. The number of carboxylic acids is 1. The van der Waals surface area contributed by atoms with Gasteiger partial charge in [0.25, 0.3) is 0 Å². The zero-order chi connectivity index (χ0) is 13.0. The van der Waals surface area contributed by atoms with Crippen molar-refractivity contribution in [3.05, 3.63) is 23.3 Å². The number of aliphatic carboxylic acids is 1. The van der Waals surface area contributed by atoms with Gasteiger partial charge in [-0.1, -0.05) is 0 Å². The minimum atomic E-state index is -1.15. The van der Waals surface area contributed by atoms with E-state index in [2.05, 4.69) is 0 Å². The first-order valence-corrected chi connectivity index (χ1v) is 4.89. The number of benzene rings is 1. The van der Waals surface area contributed by atoms with E-state index >= 15 is 0 Å². The number of phenols is 2. The Labute approximate surface area is 97.1 Å². The molecule has 0 saturated heterocycles. The van der Waals surface area contributed by atoms with Crippen LogP contribution in [0.4, 0.5) is 0 Å². The number of carbonyl (C=O) groups excluding carboxylic acids is 1. The maximum Gasteiger partial charge on any atom is 0.338 e. The zero-order valence-corrected chi connectivity index (χ0v) is 9.14. The summed E-state index contributed by atoms with van der Waals surface area (Å²) < 4.78 is 4.72. The molecule has 0 radical (unpaired) electrons. The first kappa shape index (κ1) is 12.8. The molecule has 0 amide bonds. The van der Waals surface area contributed by atoms with Gasteiger partial charge in [0.05, 0.1) is 18.6 Å². The van der Waals surface area contributed by atoms with E-state index in [-0.39, 0.29) is 17.7 Å². The first-order valence-electron chi connectivity index (χ1n) is 4.89. The number of rotatable bonds is 4. The molecule has 0 heterocycles. The molecule has 0 bridgehead atoms. The number of carbonyl (C=O) groups is 2. The van der Waals surface area contributed by atoms with Crippen LogP contribution in [0.1, 0.15) is 22.8 Å². The summed E-state index contributed by atoms with van der Waals surface area (Å²) in [7, 11) is 0. The summed E-state index contributed by atoms with van der Waals surface area (Å²) in [6.07, 6.45) is -0.442. The summed E-state index contributed by atoms with van der Waals surface area (Å²) in [5, 5.41) is 27.2. The maximum atomic E-state index is 11.5. The fourth-order valence-corrected chi connectivity index (χ4v) is 1.33. The van der Waals surface area contributed by atoms with Gasteiger partial charge in [-0.2, -0.15) is 0 Å². The molecule has 0 atom stereocenters. The van der Waals surface area contributed by atoms with Crippen molar-refractivity contribution in [2.45, 2.75) is 13.3 Å². The van der Waals surface area contributed by atoms with Gasteiger partial charge in [-0.05, 0) is 24.6 Å². The van der Waals surface area contributed by atoms with Gasteiger partial charge in [0.1, 0.15) is 0 Å². The van der Waals surface area contributed by atoms with E-state index in [4.69, 9.17) is 9.84 Å². The van der Waals surface area contributed by atoms with Gasteiger partial charge in [-0.15, -0.1) is 0 Å². The SMILES string of the molecule is CCOC(=O)c1cc(O)c(O)cc1CC(=O)O. The number of carboxylic acid groups (broad SMARTS) is 1. The topological polar surface area (TPSA) is 104 Å². The normalized spacial score (nSPS) is 9.94. The standard InChI is InChI=1S/C11H12O6/c1-2-17-11(16)7-5-9(13)8(12)3-6(7)4-10(14)15/h3,5,12-13H,2,4H2,1H3,(H,14,15). The molecular weight excluding hydrogens is 228 g/mol. The van der Waals surface area contributed by atoms with Crippen LogP contribution in [0.2, 0.25) is 0 Å². The van der Waals surface area contributed by atoms with Gasteiger partial charge in [0.15, 0.2) is 11.5 Å². The van der Waals surface area contributed by atoms with Gasteiger partial charge in [0.2, 0.25) is 0 Å². The van der Waals surface area contributed by atoms with Crippen LogP contribution >= 0.6 is 0 Å².